The number of fused-ring (bicyclic) bond motifs is 2. The highest BCUT2D eigenvalue weighted by Gasteiger charge is 2.51. The first-order valence-electron chi connectivity index (χ1n) is 17.9. The third kappa shape index (κ3) is 9.18. The molecular weight excluding hydrogens is 634 g/mol. The maximum atomic E-state index is 14.4. The highest BCUT2D eigenvalue weighted by molar-refractivity contribution is 7.92. The number of ketones is 1. The van der Waals surface area contributed by atoms with E-state index in [0.717, 1.165) is 51.4 Å². The van der Waals surface area contributed by atoms with Gasteiger partial charge in [0, 0.05) is 13.1 Å². The van der Waals surface area contributed by atoms with Crippen LogP contribution in [0.1, 0.15) is 111 Å². The van der Waals surface area contributed by atoms with E-state index in [9.17, 15) is 32.4 Å². The zero-order valence-electron chi connectivity index (χ0n) is 29.3. The molecule has 6 atom stereocenters. The largest absolute Gasteiger partial charge is 0.346 e. The Kier molecular flexibility index (Phi) is 12.4. The maximum Gasteiger partial charge on any atom is 0.315 e. The van der Waals surface area contributed by atoms with Crippen LogP contribution in [-0.4, -0.2) is 90.1 Å². The number of amides is 5. The van der Waals surface area contributed by atoms with E-state index in [1.165, 1.54) is 11.0 Å². The number of Topliss-reactive ketones (excluding diaryl/α,β-unsaturated/α-hetero) is 1. The van der Waals surface area contributed by atoms with Gasteiger partial charge in [0.2, 0.25) is 17.6 Å². The Hall–Kier alpha value is -2.96. The van der Waals surface area contributed by atoms with Gasteiger partial charge in [-0.2, -0.15) is 0 Å². The summed E-state index contributed by atoms with van der Waals surface area (Å²) in [5, 5.41) is 11.3. The van der Waals surface area contributed by atoms with Crippen LogP contribution < -0.4 is 21.3 Å². The van der Waals surface area contributed by atoms with E-state index in [4.69, 9.17) is 0 Å². The van der Waals surface area contributed by atoms with E-state index >= 15 is 0 Å². The fourth-order valence-corrected chi connectivity index (χ4v) is 9.23. The monoisotopic (exact) mass is 691 g/mol. The Balaban J connectivity index is 1.56. The first-order valence-corrected chi connectivity index (χ1v) is 19.6. The van der Waals surface area contributed by atoms with Crippen molar-refractivity contribution >= 4 is 39.4 Å². The first kappa shape index (κ1) is 37.9. The topological polar surface area (TPSA) is 171 Å². The zero-order chi connectivity index (χ0) is 35.3. The lowest BCUT2D eigenvalue weighted by molar-refractivity contribution is -0.143. The molecule has 0 aromatic heterocycles. The number of nitrogens with zero attached hydrogens (tertiary/aromatic N) is 1. The van der Waals surface area contributed by atoms with Crippen molar-refractivity contribution < 1.29 is 32.4 Å². The molecule has 270 valence electrons. The lowest BCUT2D eigenvalue weighted by atomic mass is 9.83. The lowest BCUT2D eigenvalue weighted by Gasteiger charge is -2.40. The second kappa shape index (κ2) is 15.7. The first-order chi connectivity index (χ1) is 22.6. The molecule has 4 rings (SSSR count). The van der Waals surface area contributed by atoms with Crippen molar-refractivity contribution in [3.63, 3.8) is 0 Å². The van der Waals surface area contributed by atoms with Crippen LogP contribution in [-0.2, 0) is 29.0 Å². The second-order valence-corrected chi connectivity index (χ2v) is 18.3. The minimum atomic E-state index is -3.54. The highest BCUT2D eigenvalue weighted by atomic mass is 32.2. The fourth-order valence-electron chi connectivity index (χ4n) is 7.71. The Morgan fingerprint density at radius 2 is 1.65 bits per heavy atom. The summed E-state index contributed by atoms with van der Waals surface area (Å²) in [6, 6.07) is -3.31. The van der Waals surface area contributed by atoms with E-state index < -0.39 is 61.9 Å². The van der Waals surface area contributed by atoms with Crippen LogP contribution in [0.2, 0.25) is 0 Å². The maximum absolute atomic E-state index is 14.4. The Morgan fingerprint density at radius 3 is 2.29 bits per heavy atom. The Labute approximate surface area is 286 Å². The molecule has 0 aromatic rings. The minimum Gasteiger partial charge on any atom is -0.346 e. The van der Waals surface area contributed by atoms with Crippen molar-refractivity contribution in [3.8, 4) is 0 Å². The van der Waals surface area contributed by atoms with Crippen LogP contribution in [0.5, 0.6) is 0 Å². The number of nitrogens with one attached hydrogen (secondary N) is 4. The molecule has 4 aliphatic rings. The van der Waals surface area contributed by atoms with Crippen LogP contribution in [0.3, 0.4) is 0 Å². The predicted molar refractivity (Wildman–Crippen MR) is 184 cm³/mol. The predicted octanol–water partition coefficient (Wildman–Crippen LogP) is 3.15. The second-order valence-electron chi connectivity index (χ2n) is 15.6. The molecule has 2 aliphatic carbocycles. The van der Waals surface area contributed by atoms with E-state index in [1.807, 2.05) is 6.92 Å². The van der Waals surface area contributed by atoms with E-state index in [0.29, 0.717) is 38.6 Å². The van der Waals surface area contributed by atoms with Crippen molar-refractivity contribution in [2.24, 2.45) is 17.8 Å². The van der Waals surface area contributed by atoms with Crippen molar-refractivity contribution in [2.45, 2.75) is 140 Å². The molecule has 0 radical (unpaired) electrons. The van der Waals surface area contributed by atoms with Crippen molar-refractivity contribution in [1.82, 2.24) is 26.2 Å². The van der Waals surface area contributed by atoms with Gasteiger partial charge in [0.25, 0.3) is 5.91 Å². The molecule has 2 heterocycles. The van der Waals surface area contributed by atoms with Gasteiger partial charge in [-0.25, -0.2) is 13.2 Å². The normalized spacial score (nSPS) is 30.0. The molecule has 5 amide bonds. The molecule has 2 saturated carbocycles. The third-order valence-electron chi connectivity index (χ3n) is 10.9. The number of sulfone groups is 1. The van der Waals surface area contributed by atoms with Crippen LogP contribution in [0.25, 0.3) is 0 Å². The lowest BCUT2D eigenvalue weighted by Crippen LogP contribution is -2.62. The van der Waals surface area contributed by atoms with Gasteiger partial charge >= 0.3 is 6.03 Å². The van der Waals surface area contributed by atoms with Gasteiger partial charge in [-0.1, -0.05) is 64.4 Å². The third-order valence-corrected chi connectivity index (χ3v) is 13.7. The van der Waals surface area contributed by atoms with Crippen molar-refractivity contribution in [2.75, 3.05) is 18.8 Å². The fraction of sp³-hybridized carbons (Fsp3) is 0.800. The molecule has 4 fully saturated rings. The molecule has 0 spiro atoms. The average Bonchev–Trinajstić information content (AvgIpc) is 3.68. The molecule has 2 aliphatic heterocycles. The van der Waals surface area contributed by atoms with Gasteiger partial charge in [0.05, 0.1) is 22.1 Å². The molecule has 12 nitrogen and oxygen atoms in total. The molecule has 13 heteroatoms. The highest BCUT2D eigenvalue weighted by Crippen LogP contribution is 2.46. The summed E-state index contributed by atoms with van der Waals surface area (Å²) in [5.41, 5.74) is -0.926. The van der Waals surface area contributed by atoms with Gasteiger partial charge in [-0.3, -0.25) is 19.2 Å². The van der Waals surface area contributed by atoms with Crippen LogP contribution in [0.15, 0.2) is 12.7 Å². The SMILES string of the molecule is C=CCNC(=O)C(=O)[C@@H]1CCCCCCC2CC2[C@H](NC(=O)NC2(CS(=O)(=O)C(C)(C)C)CCCCC2)C(=O)N2CC[C@H](C)[C@H]2C(=O)N1. The van der Waals surface area contributed by atoms with Crippen molar-refractivity contribution in [3.05, 3.63) is 12.7 Å². The number of hydrogen-bond donors (Lipinski definition) is 4. The smallest absolute Gasteiger partial charge is 0.315 e. The molecular formula is C35H57N5O7S. The summed E-state index contributed by atoms with van der Waals surface area (Å²) >= 11 is 0. The summed E-state index contributed by atoms with van der Waals surface area (Å²) < 4.78 is 25.7. The summed E-state index contributed by atoms with van der Waals surface area (Å²) in [6.45, 7) is 10.9. The number of rotatable bonds is 8. The van der Waals surface area contributed by atoms with Crippen LogP contribution in [0.4, 0.5) is 4.79 Å². The zero-order valence-corrected chi connectivity index (χ0v) is 30.1. The van der Waals surface area contributed by atoms with Gasteiger partial charge in [-0.05, 0) is 70.6 Å². The van der Waals surface area contributed by atoms with Gasteiger partial charge in [0.15, 0.2) is 9.84 Å². The molecule has 0 aromatic carbocycles. The molecule has 4 N–H and O–H groups in total. The summed E-state index contributed by atoms with van der Waals surface area (Å²) in [5.74, 6) is -2.54. The molecule has 0 bridgehead atoms. The number of carbonyl (C=O) groups excluding carboxylic acids is 5. The molecule has 48 heavy (non-hydrogen) atoms. The molecule has 2 unspecified atom stereocenters. The van der Waals surface area contributed by atoms with Crippen molar-refractivity contribution in [1.29, 1.82) is 0 Å². The molecule has 2 saturated heterocycles. The minimum absolute atomic E-state index is 0.0866. The van der Waals surface area contributed by atoms with E-state index in [2.05, 4.69) is 27.8 Å². The van der Waals surface area contributed by atoms with Gasteiger partial charge in [0.1, 0.15) is 12.1 Å². The average molecular weight is 692 g/mol. The van der Waals surface area contributed by atoms with E-state index in [1.54, 1.807) is 20.8 Å². The van der Waals surface area contributed by atoms with Gasteiger partial charge in [-0.15, -0.1) is 6.58 Å². The van der Waals surface area contributed by atoms with Gasteiger partial charge < -0.3 is 26.2 Å². The quantitative estimate of drug-likeness (QED) is 0.224. The summed E-state index contributed by atoms with van der Waals surface area (Å²) in [4.78, 5) is 69.1. The van der Waals surface area contributed by atoms with Crippen LogP contribution >= 0.6 is 0 Å². The summed E-state index contributed by atoms with van der Waals surface area (Å²) in [7, 11) is -3.54. The standard InChI is InChI=1S/C35H57N5O7S/c1-6-19-36-31(43)29(41)26-15-11-8-7-10-14-24-21-25(24)27(32(44)40-20-16-23(2)28(40)30(42)37-26)38-33(45)39-35(17-12-9-13-18-35)22-48(46,47)34(3,4)5/h6,23-28H,1,7-22H2,2-5H3,(H,36,43)(H,37,42)(H2,38,39,45)/t23-,24?,25?,26-,27-,28-/m0/s1. The Bertz CT molecular complexity index is 1340. The number of urea groups is 1. The number of hydrogen-bond acceptors (Lipinski definition) is 7. The Morgan fingerprint density at radius 1 is 1.00 bits per heavy atom. The van der Waals surface area contributed by atoms with Crippen LogP contribution in [0, 0.1) is 17.8 Å². The van der Waals surface area contributed by atoms with E-state index in [-0.39, 0.29) is 36.0 Å². The number of carbonyl (C=O) groups is 5. The summed E-state index contributed by atoms with van der Waals surface area (Å²) in [6.07, 6.45) is 11.0.